The van der Waals surface area contributed by atoms with Crippen molar-refractivity contribution in [2.24, 2.45) is 17.8 Å². The molecule has 0 aromatic rings. The van der Waals surface area contributed by atoms with E-state index in [0.29, 0.717) is 5.92 Å². The molecule has 2 rings (SSSR count). The molecule has 22 heavy (non-hydrogen) atoms. The standard InChI is InChI=1S/C18H30O3S/c19-18(20)10-4-2-1-3-9-16-13-22-14-17(16)12-21-11-15-7-5-6-8-15/h1,3,15-17H,2,4-14H2,(H,19,20)/b3-1-/t16-,17+/m0/s1. The Balaban J connectivity index is 1.56. The molecule has 1 aliphatic carbocycles. The van der Waals surface area contributed by atoms with Crippen LogP contribution in [-0.4, -0.2) is 35.8 Å². The van der Waals surface area contributed by atoms with E-state index in [1.165, 1.54) is 37.2 Å². The summed E-state index contributed by atoms with van der Waals surface area (Å²) in [6, 6.07) is 0. The molecule has 0 bridgehead atoms. The van der Waals surface area contributed by atoms with Gasteiger partial charge in [-0.25, -0.2) is 0 Å². The van der Waals surface area contributed by atoms with Gasteiger partial charge in [0.25, 0.3) is 0 Å². The van der Waals surface area contributed by atoms with Crippen LogP contribution in [0.2, 0.25) is 0 Å². The Kier molecular flexibility index (Phi) is 8.38. The van der Waals surface area contributed by atoms with Gasteiger partial charge in [-0.1, -0.05) is 25.0 Å². The first-order valence-corrected chi connectivity index (χ1v) is 9.93. The molecule has 126 valence electrons. The zero-order valence-electron chi connectivity index (χ0n) is 13.5. The summed E-state index contributed by atoms with van der Waals surface area (Å²) < 4.78 is 6.00. The van der Waals surface area contributed by atoms with Crippen molar-refractivity contribution < 1.29 is 14.6 Å². The molecule has 0 aromatic carbocycles. The molecule has 1 heterocycles. The average molecular weight is 327 g/mol. The number of unbranched alkanes of at least 4 members (excludes halogenated alkanes) is 1. The van der Waals surface area contributed by atoms with Gasteiger partial charge < -0.3 is 9.84 Å². The van der Waals surface area contributed by atoms with Gasteiger partial charge in [0.05, 0.1) is 6.61 Å². The van der Waals surface area contributed by atoms with Crippen molar-refractivity contribution >= 4 is 17.7 Å². The maximum absolute atomic E-state index is 10.4. The number of allylic oxidation sites excluding steroid dienone is 2. The van der Waals surface area contributed by atoms with Gasteiger partial charge in [0.1, 0.15) is 0 Å². The number of carboxylic acid groups (broad SMARTS) is 1. The fourth-order valence-corrected chi connectivity index (χ4v) is 4.93. The average Bonchev–Trinajstić information content (AvgIpc) is 3.14. The van der Waals surface area contributed by atoms with Crippen LogP contribution in [0, 0.1) is 17.8 Å². The Morgan fingerprint density at radius 3 is 2.68 bits per heavy atom. The highest BCUT2D eigenvalue weighted by atomic mass is 32.2. The van der Waals surface area contributed by atoms with Gasteiger partial charge >= 0.3 is 5.97 Å². The molecule has 2 atom stereocenters. The molecule has 1 saturated carbocycles. The molecular formula is C18H30O3S. The predicted molar refractivity (Wildman–Crippen MR) is 92.3 cm³/mol. The number of carbonyl (C=O) groups is 1. The first-order valence-electron chi connectivity index (χ1n) is 8.78. The fraction of sp³-hybridized carbons (Fsp3) is 0.833. The van der Waals surface area contributed by atoms with Gasteiger partial charge in [-0.2, -0.15) is 11.8 Å². The Bertz CT molecular complexity index is 350. The first-order chi connectivity index (χ1) is 10.8. The monoisotopic (exact) mass is 326 g/mol. The Morgan fingerprint density at radius 1 is 1.14 bits per heavy atom. The predicted octanol–water partition coefficient (Wildman–Crippen LogP) is 4.37. The summed E-state index contributed by atoms with van der Waals surface area (Å²) >= 11 is 2.05. The molecular weight excluding hydrogens is 296 g/mol. The van der Waals surface area contributed by atoms with Crippen LogP contribution < -0.4 is 0 Å². The van der Waals surface area contributed by atoms with Crippen molar-refractivity contribution in [3.63, 3.8) is 0 Å². The minimum atomic E-state index is -0.694. The van der Waals surface area contributed by atoms with E-state index in [9.17, 15) is 4.79 Å². The molecule has 1 aliphatic heterocycles. The lowest BCUT2D eigenvalue weighted by Gasteiger charge is -2.18. The second-order valence-electron chi connectivity index (χ2n) is 6.74. The molecule has 1 N–H and O–H groups in total. The largest absolute Gasteiger partial charge is 0.481 e. The van der Waals surface area contributed by atoms with Crippen molar-refractivity contribution in [3.8, 4) is 0 Å². The first kappa shape index (κ1) is 17.9. The van der Waals surface area contributed by atoms with E-state index in [1.807, 2.05) is 0 Å². The van der Waals surface area contributed by atoms with Crippen molar-refractivity contribution in [1.29, 1.82) is 0 Å². The van der Waals surface area contributed by atoms with E-state index in [1.54, 1.807) is 0 Å². The SMILES string of the molecule is O=C(O)CCC/C=C\C[C@H]1CSC[C@H]1COCC1CCCC1. The lowest BCUT2D eigenvalue weighted by atomic mass is 9.93. The van der Waals surface area contributed by atoms with E-state index < -0.39 is 5.97 Å². The van der Waals surface area contributed by atoms with E-state index in [-0.39, 0.29) is 6.42 Å². The number of hydrogen-bond donors (Lipinski definition) is 1. The van der Waals surface area contributed by atoms with Gasteiger partial charge in [-0.05, 0) is 61.4 Å². The van der Waals surface area contributed by atoms with Gasteiger partial charge in [0, 0.05) is 13.0 Å². The molecule has 0 spiro atoms. The smallest absolute Gasteiger partial charge is 0.303 e. The lowest BCUT2D eigenvalue weighted by Crippen LogP contribution is -2.20. The summed E-state index contributed by atoms with van der Waals surface area (Å²) in [7, 11) is 0. The van der Waals surface area contributed by atoms with Crippen LogP contribution in [0.15, 0.2) is 12.2 Å². The van der Waals surface area contributed by atoms with Gasteiger partial charge in [0.15, 0.2) is 0 Å². The Hall–Kier alpha value is -0.480. The summed E-state index contributed by atoms with van der Waals surface area (Å²) in [5, 5.41) is 8.60. The van der Waals surface area contributed by atoms with Crippen molar-refractivity contribution in [2.75, 3.05) is 24.7 Å². The molecule has 2 aliphatic rings. The van der Waals surface area contributed by atoms with Crippen LogP contribution in [0.4, 0.5) is 0 Å². The van der Waals surface area contributed by atoms with E-state index >= 15 is 0 Å². The zero-order valence-corrected chi connectivity index (χ0v) is 14.4. The third-order valence-electron chi connectivity index (χ3n) is 4.86. The molecule has 0 unspecified atom stereocenters. The van der Waals surface area contributed by atoms with Crippen LogP contribution in [0.1, 0.15) is 51.4 Å². The topological polar surface area (TPSA) is 46.5 Å². The molecule has 2 fully saturated rings. The van der Waals surface area contributed by atoms with E-state index in [2.05, 4.69) is 23.9 Å². The summed E-state index contributed by atoms with van der Waals surface area (Å²) in [5.74, 6) is 4.06. The number of thioether (sulfide) groups is 1. The minimum Gasteiger partial charge on any atom is -0.481 e. The molecule has 0 radical (unpaired) electrons. The summed E-state index contributed by atoms with van der Waals surface area (Å²) in [6.45, 7) is 1.90. The Morgan fingerprint density at radius 2 is 1.91 bits per heavy atom. The van der Waals surface area contributed by atoms with E-state index in [0.717, 1.165) is 44.3 Å². The van der Waals surface area contributed by atoms with Crippen LogP contribution in [0.5, 0.6) is 0 Å². The molecule has 0 aromatic heterocycles. The number of ether oxygens (including phenoxy) is 1. The van der Waals surface area contributed by atoms with Crippen LogP contribution in [0.3, 0.4) is 0 Å². The number of aliphatic carboxylic acids is 1. The zero-order chi connectivity index (χ0) is 15.6. The number of rotatable bonds is 10. The van der Waals surface area contributed by atoms with Gasteiger partial charge in [-0.3, -0.25) is 4.79 Å². The minimum absolute atomic E-state index is 0.279. The number of carboxylic acids is 1. The summed E-state index contributed by atoms with van der Waals surface area (Å²) in [6.07, 6.45) is 13.0. The lowest BCUT2D eigenvalue weighted by molar-refractivity contribution is -0.137. The van der Waals surface area contributed by atoms with Crippen LogP contribution in [-0.2, 0) is 9.53 Å². The molecule has 1 saturated heterocycles. The second kappa shape index (κ2) is 10.3. The number of hydrogen-bond acceptors (Lipinski definition) is 3. The van der Waals surface area contributed by atoms with Crippen molar-refractivity contribution in [2.45, 2.75) is 51.4 Å². The second-order valence-corrected chi connectivity index (χ2v) is 7.81. The third-order valence-corrected chi connectivity index (χ3v) is 6.19. The molecule has 4 heteroatoms. The Labute approximate surface area is 138 Å². The maximum atomic E-state index is 10.4. The highest BCUT2D eigenvalue weighted by Gasteiger charge is 2.27. The quantitative estimate of drug-likeness (QED) is 0.478. The summed E-state index contributed by atoms with van der Waals surface area (Å²) in [4.78, 5) is 10.4. The summed E-state index contributed by atoms with van der Waals surface area (Å²) in [5.41, 5.74) is 0. The van der Waals surface area contributed by atoms with E-state index in [4.69, 9.17) is 9.84 Å². The van der Waals surface area contributed by atoms with Crippen molar-refractivity contribution in [1.82, 2.24) is 0 Å². The van der Waals surface area contributed by atoms with Gasteiger partial charge in [-0.15, -0.1) is 0 Å². The van der Waals surface area contributed by atoms with Crippen LogP contribution >= 0.6 is 11.8 Å². The highest BCUT2D eigenvalue weighted by Crippen LogP contribution is 2.33. The normalized spacial score (nSPS) is 26.2. The highest BCUT2D eigenvalue weighted by molar-refractivity contribution is 7.99. The fourth-order valence-electron chi connectivity index (χ4n) is 3.41. The molecule has 3 nitrogen and oxygen atoms in total. The maximum Gasteiger partial charge on any atom is 0.303 e. The van der Waals surface area contributed by atoms with Gasteiger partial charge in [0.2, 0.25) is 0 Å². The third kappa shape index (κ3) is 6.74. The van der Waals surface area contributed by atoms with Crippen molar-refractivity contribution in [3.05, 3.63) is 12.2 Å². The van der Waals surface area contributed by atoms with Crippen LogP contribution in [0.25, 0.3) is 0 Å². The molecule has 0 amide bonds.